The summed E-state index contributed by atoms with van der Waals surface area (Å²) in [6.45, 7) is 0. The van der Waals surface area contributed by atoms with Crippen molar-refractivity contribution in [3.05, 3.63) is 47.1 Å². The van der Waals surface area contributed by atoms with E-state index in [0.29, 0.717) is 16.3 Å². The number of furan rings is 1. The Morgan fingerprint density at radius 1 is 1.30 bits per heavy atom. The van der Waals surface area contributed by atoms with Gasteiger partial charge in [0.25, 0.3) is 5.91 Å². The second-order valence-corrected chi connectivity index (χ2v) is 4.87. The molecule has 0 bridgehead atoms. The highest BCUT2D eigenvalue weighted by molar-refractivity contribution is 6.30. The van der Waals surface area contributed by atoms with Crippen LogP contribution in [0.2, 0.25) is 5.02 Å². The van der Waals surface area contributed by atoms with Crippen LogP contribution in [-0.4, -0.2) is 10.5 Å². The molecular formula is C14H12ClN3O2. The van der Waals surface area contributed by atoms with Gasteiger partial charge in [-0.25, -0.2) is 5.84 Å². The fourth-order valence-corrected chi connectivity index (χ4v) is 2.29. The Morgan fingerprint density at radius 2 is 2.00 bits per heavy atom. The van der Waals surface area contributed by atoms with E-state index in [4.69, 9.17) is 21.9 Å². The number of nitrogens with one attached hydrogen (secondary N) is 1. The number of hydrogen-bond acceptors (Lipinski definition) is 3. The molecule has 0 aliphatic rings. The highest BCUT2D eigenvalue weighted by Gasteiger charge is 2.16. The van der Waals surface area contributed by atoms with Gasteiger partial charge in [0.1, 0.15) is 11.5 Å². The summed E-state index contributed by atoms with van der Waals surface area (Å²) in [5, 5.41) is 0.673. The number of carbonyl (C=O) groups excluding carboxylic acids is 1. The first kappa shape index (κ1) is 12.8. The van der Waals surface area contributed by atoms with Gasteiger partial charge in [-0.1, -0.05) is 11.6 Å². The van der Waals surface area contributed by atoms with Crippen LogP contribution in [0.25, 0.3) is 22.4 Å². The summed E-state index contributed by atoms with van der Waals surface area (Å²) in [6.07, 6.45) is 0. The third kappa shape index (κ3) is 1.97. The number of fused-ring (bicyclic) bond motifs is 1. The zero-order chi connectivity index (χ0) is 14.3. The van der Waals surface area contributed by atoms with E-state index in [1.54, 1.807) is 29.8 Å². The average Bonchev–Trinajstić information content (AvgIpc) is 2.99. The number of hydrogen-bond donors (Lipinski definition) is 2. The number of benzene rings is 1. The molecule has 0 saturated carbocycles. The number of nitrogens with zero attached hydrogens (tertiary/aromatic N) is 1. The molecule has 0 saturated heterocycles. The summed E-state index contributed by atoms with van der Waals surface area (Å²) in [4.78, 5) is 11.6. The van der Waals surface area contributed by atoms with Crippen LogP contribution in [0.15, 0.2) is 40.8 Å². The Balaban J connectivity index is 2.08. The van der Waals surface area contributed by atoms with Crippen LogP contribution in [0.5, 0.6) is 0 Å². The van der Waals surface area contributed by atoms with Gasteiger partial charge in [-0.15, -0.1) is 0 Å². The molecule has 0 aliphatic carbocycles. The zero-order valence-corrected chi connectivity index (χ0v) is 11.4. The van der Waals surface area contributed by atoms with E-state index < -0.39 is 0 Å². The van der Waals surface area contributed by atoms with Crippen LogP contribution < -0.4 is 11.3 Å². The fraction of sp³-hybridized carbons (Fsp3) is 0.0714. The van der Waals surface area contributed by atoms with Gasteiger partial charge >= 0.3 is 0 Å². The predicted octanol–water partition coefficient (Wildman–Crippen LogP) is 2.70. The van der Waals surface area contributed by atoms with Gasteiger partial charge in [0, 0.05) is 29.8 Å². The standard InChI is InChI=1S/C14H12ClN3O2/c1-18-10-6-12(8-2-4-9(15)5-3-8)20-13(10)7-11(18)14(19)17-16/h2-7H,16H2,1H3,(H,17,19). The highest BCUT2D eigenvalue weighted by Crippen LogP contribution is 2.30. The molecule has 0 spiro atoms. The van der Waals surface area contributed by atoms with Crippen molar-refractivity contribution >= 4 is 28.6 Å². The molecule has 5 nitrogen and oxygen atoms in total. The number of nitrogen functional groups attached to an aromatic ring is 1. The molecule has 102 valence electrons. The predicted molar refractivity (Wildman–Crippen MR) is 77.3 cm³/mol. The molecule has 6 heteroatoms. The van der Waals surface area contributed by atoms with Crippen LogP contribution in [0.1, 0.15) is 10.5 Å². The minimum atomic E-state index is -0.355. The van der Waals surface area contributed by atoms with Crippen molar-refractivity contribution in [2.45, 2.75) is 0 Å². The van der Waals surface area contributed by atoms with Crippen molar-refractivity contribution in [1.29, 1.82) is 0 Å². The third-order valence-corrected chi connectivity index (χ3v) is 3.48. The van der Waals surface area contributed by atoms with Gasteiger partial charge in [0.2, 0.25) is 0 Å². The van der Waals surface area contributed by atoms with Gasteiger partial charge in [-0.3, -0.25) is 10.2 Å². The minimum Gasteiger partial charge on any atom is -0.454 e. The molecule has 1 amide bonds. The van der Waals surface area contributed by atoms with Crippen LogP contribution >= 0.6 is 11.6 Å². The van der Waals surface area contributed by atoms with Crippen molar-refractivity contribution in [2.24, 2.45) is 12.9 Å². The number of aryl methyl sites for hydroxylation is 1. The Kier molecular flexibility index (Phi) is 3.00. The Hall–Kier alpha value is -2.24. The van der Waals surface area contributed by atoms with Gasteiger partial charge in [-0.05, 0) is 24.3 Å². The lowest BCUT2D eigenvalue weighted by atomic mass is 10.2. The second kappa shape index (κ2) is 4.70. The Bertz CT molecular complexity index is 787. The maximum absolute atomic E-state index is 11.6. The molecule has 0 atom stereocenters. The lowest BCUT2D eigenvalue weighted by Gasteiger charge is -2.01. The third-order valence-electron chi connectivity index (χ3n) is 3.22. The molecule has 3 aromatic rings. The van der Waals surface area contributed by atoms with E-state index in [2.05, 4.69) is 5.43 Å². The summed E-state index contributed by atoms with van der Waals surface area (Å²) in [6, 6.07) is 10.9. The summed E-state index contributed by atoms with van der Waals surface area (Å²) < 4.78 is 7.50. The van der Waals surface area contributed by atoms with Crippen molar-refractivity contribution in [2.75, 3.05) is 0 Å². The number of hydrazine groups is 1. The van der Waals surface area contributed by atoms with Crippen molar-refractivity contribution in [1.82, 2.24) is 9.99 Å². The molecule has 2 aromatic heterocycles. The van der Waals surface area contributed by atoms with E-state index in [1.807, 2.05) is 18.2 Å². The Labute approximate surface area is 119 Å². The van der Waals surface area contributed by atoms with E-state index in [1.165, 1.54) is 0 Å². The number of rotatable bonds is 2. The summed E-state index contributed by atoms with van der Waals surface area (Å²) in [5.74, 6) is 5.51. The number of halogens is 1. The van der Waals surface area contributed by atoms with Crippen LogP contribution in [-0.2, 0) is 7.05 Å². The van der Waals surface area contributed by atoms with E-state index in [-0.39, 0.29) is 5.91 Å². The molecule has 0 unspecified atom stereocenters. The Morgan fingerprint density at radius 3 is 2.60 bits per heavy atom. The first-order valence-electron chi connectivity index (χ1n) is 5.96. The molecule has 20 heavy (non-hydrogen) atoms. The smallest absolute Gasteiger partial charge is 0.281 e. The molecular weight excluding hydrogens is 278 g/mol. The molecule has 2 heterocycles. The van der Waals surface area contributed by atoms with Crippen LogP contribution in [0, 0.1) is 0 Å². The number of carbonyl (C=O) groups is 1. The molecule has 1 aromatic carbocycles. The average molecular weight is 290 g/mol. The van der Waals surface area contributed by atoms with E-state index in [0.717, 1.165) is 16.8 Å². The van der Waals surface area contributed by atoms with Gasteiger partial charge in [-0.2, -0.15) is 0 Å². The van der Waals surface area contributed by atoms with Crippen molar-refractivity contribution < 1.29 is 9.21 Å². The maximum Gasteiger partial charge on any atom is 0.281 e. The van der Waals surface area contributed by atoms with Crippen LogP contribution in [0.3, 0.4) is 0 Å². The first-order chi connectivity index (χ1) is 9.60. The quantitative estimate of drug-likeness (QED) is 0.433. The monoisotopic (exact) mass is 289 g/mol. The van der Waals surface area contributed by atoms with E-state index >= 15 is 0 Å². The lowest BCUT2D eigenvalue weighted by Crippen LogP contribution is -2.31. The number of amides is 1. The highest BCUT2D eigenvalue weighted by atomic mass is 35.5. The lowest BCUT2D eigenvalue weighted by molar-refractivity contribution is 0.0946. The minimum absolute atomic E-state index is 0.355. The molecule has 0 aliphatic heterocycles. The molecule has 3 N–H and O–H groups in total. The molecule has 0 radical (unpaired) electrons. The van der Waals surface area contributed by atoms with E-state index in [9.17, 15) is 4.79 Å². The zero-order valence-electron chi connectivity index (χ0n) is 10.7. The van der Waals surface area contributed by atoms with Gasteiger partial charge < -0.3 is 8.98 Å². The largest absolute Gasteiger partial charge is 0.454 e. The molecule has 0 fully saturated rings. The number of aromatic nitrogens is 1. The first-order valence-corrected chi connectivity index (χ1v) is 6.34. The summed E-state index contributed by atoms with van der Waals surface area (Å²) in [5.41, 5.74) is 4.95. The molecule has 3 rings (SSSR count). The second-order valence-electron chi connectivity index (χ2n) is 4.43. The van der Waals surface area contributed by atoms with Gasteiger partial charge in [0.05, 0.1) is 5.52 Å². The van der Waals surface area contributed by atoms with Crippen molar-refractivity contribution in [3.63, 3.8) is 0 Å². The fourth-order valence-electron chi connectivity index (χ4n) is 2.16. The topological polar surface area (TPSA) is 73.2 Å². The van der Waals surface area contributed by atoms with Crippen molar-refractivity contribution in [3.8, 4) is 11.3 Å². The normalized spacial score (nSPS) is 10.9. The number of nitrogens with two attached hydrogens (primary N) is 1. The maximum atomic E-state index is 11.6. The van der Waals surface area contributed by atoms with Crippen LogP contribution in [0.4, 0.5) is 0 Å². The SMILES string of the molecule is Cn1c(C(=O)NN)cc2oc(-c3ccc(Cl)cc3)cc21. The summed E-state index contributed by atoms with van der Waals surface area (Å²) >= 11 is 5.86. The van der Waals surface area contributed by atoms with Gasteiger partial charge in [0.15, 0.2) is 5.58 Å². The summed E-state index contributed by atoms with van der Waals surface area (Å²) in [7, 11) is 1.79.